The van der Waals surface area contributed by atoms with Gasteiger partial charge in [0.15, 0.2) is 5.16 Å². The van der Waals surface area contributed by atoms with Gasteiger partial charge in [0, 0.05) is 12.3 Å². The molecule has 0 aliphatic rings. The van der Waals surface area contributed by atoms with E-state index in [9.17, 15) is 4.79 Å². The van der Waals surface area contributed by atoms with Gasteiger partial charge in [-0.25, -0.2) is 4.98 Å². The number of aromatic nitrogens is 2. The van der Waals surface area contributed by atoms with Crippen LogP contribution in [0.5, 0.6) is 0 Å². The first kappa shape index (κ1) is 17.7. The van der Waals surface area contributed by atoms with Gasteiger partial charge < -0.3 is 0 Å². The number of aryl methyl sites for hydroxylation is 2. The van der Waals surface area contributed by atoms with E-state index in [0.29, 0.717) is 17.8 Å². The molecule has 0 N–H and O–H groups in total. The van der Waals surface area contributed by atoms with Gasteiger partial charge in [-0.3, -0.25) is 9.36 Å². The minimum Gasteiger partial charge on any atom is -0.287 e. The summed E-state index contributed by atoms with van der Waals surface area (Å²) in [7, 11) is 0. The number of fused-ring (bicyclic) bond motifs is 1. The van der Waals surface area contributed by atoms with Crippen molar-refractivity contribution in [2.75, 3.05) is 0 Å². The largest absolute Gasteiger partial charge is 0.287 e. The van der Waals surface area contributed by atoms with Crippen molar-refractivity contribution >= 4 is 22.7 Å². The zero-order valence-electron chi connectivity index (χ0n) is 15.2. The second-order valence-electron chi connectivity index (χ2n) is 6.94. The van der Waals surface area contributed by atoms with E-state index in [2.05, 4.69) is 45.9 Å². The first-order chi connectivity index (χ1) is 12.0. The summed E-state index contributed by atoms with van der Waals surface area (Å²) in [4.78, 5) is 17.7. The fourth-order valence-corrected chi connectivity index (χ4v) is 3.95. The maximum absolute atomic E-state index is 12.9. The fourth-order valence-electron chi connectivity index (χ4n) is 2.88. The first-order valence-corrected chi connectivity index (χ1v) is 9.63. The summed E-state index contributed by atoms with van der Waals surface area (Å²) < 4.78 is 1.84. The highest BCUT2D eigenvalue weighted by Crippen LogP contribution is 2.25. The van der Waals surface area contributed by atoms with Gasteiger partial charge in [0.2, 0.25) is 0 Å². The van der Waals surface area contributed by atoms with Crippen molar-refractivity contribution in [3.63, 3.8) is 0 Å². The van der Waals surface area contributed by atoms with Gasteiger partial charge in [-0.15, -0.1) is 0 Å². The van der Waals surface area contributed by atoms with Gasteiger partial charge in [-0.05, 0) is 43.0 Å². The van der Waals surface area contributed by atoms with Crippen LogP contribution < -0.4 is 5.56 Å². The molecule has 0 saturated carbocycles. The summed E-state index contributed by atoms with van der Waals surface area (Å²) in [5.74, 6) is 1.21. The van der Waals surface area contributed by atoms with Crippen LogP contribution in [0.3, 0.4) is 0 Å². The lowest BCUT2D eigenvalue weighted by atomic mass is 10.1. The van der Waals surface area contributed by atoms with Crippen molar-refractivity contribution in [1.82, 2.24) is 9.55 Å². The van der Waals surface area contributed by atoms with Crippen LogP contribution in [0.25, 0.3) is 10.9 Å². The molecule has 1 heterocycles. The quantitative estimate of drug-likeness (QED) is 0.481. The highest BCUT2D eigenvalue weighted by atomic mass is 32.2. The molecule has 0 atom stereocenters. The molecule has 130 valence electrons. The predicted octanol–water partition coefficient (Wildman–Crippen LogP) is 4.96. The van der Waals surface area contributed by atoms with Crippen molar-refractivity contribution < 1.29 is 0 Å². The van der Waals surface area contributed by atoms with Crippen LogP contribution in [-0.4, -0.2) is 9.55 Å². The van der Waals surface area contributed by atoms with Crippen molar-refractivity contribution in [2.24, 2.45) is 5.92 Å². The number of thioether (sulfide) groups is 1. The minimum absolute atomic E-state index is 0.0581. The highest BCUT2D eigenvalue weighted by molar-refractivity contribution is 7.98. The van der Waals surface area contributed by atoms with Crippen LogP contribution in [0.1, 0.15) is 30.5 Å². The molecular weight excluding hydrogens is 328 g/mol. The molecule has 0 spiro atoms. The Labute approximate surface area is 153 Å². The summed E-state index contributed by atoms with van der Waals surface area (Å²) in [6.07, 6.45) is 0. The third-order valence-electron chi connectivity index (χ3n) is 4.24. The van der Waals surface area contributed by atoms with E-state index in [1.807, 2.05) is 28.8 Å². The van der Waals surface area contributed by atoms with E-state index in [-0.39, 0.29) is 5.56 Å². The Hall–Kier alpha value is -2.07. The van der Waals surface area contributed by atoms with Crippen LogP contribution in [-0.2, 0) is 12.3 Å². The summed E-state index contributed by atoms with van der Waals surface area (Å²) in [5, 5.41) is 1.50. The van der Waals surface area contributed by atoms with Crippen LogP contribution in [0.2, 0.25) is 0 Å². The molecule has 0 fully saturated rings. The fraction of sp³-hybridized carbons (Fsp3) is 0.333. The van der Waals surface area contributed by atoms with Crippen LogP contribution in [0.15, 0.2) is 52.4 Å². The van der Waals surface area contributed by atoms with Gasteiger partial charge in [0.05, 0.1) is 10.9 Å². The molecule has 0 aliphatic carbocycles. The molecule has 3 aromatic rings. The summed E-state index contributed by atoms with van der Waals surface area (Å²) >= 11 is 1.65. The molecule has 0 saturated heterocycles. The zero-order chi connectivity index (χ0) is 18.0. The topological polar surface area (TPSA) is 34.9 Å². The monoisotopic (exact) mass is 352 g/mol. The number of nitrogens with zero attached hydrogens (tertiary/aromatic N) is 2. The van der Waals surface area contributed by atoms with E-state index in [0.717, 1.165) is 16.4 Å². The predicted molar refractivity (Wildman–Crippen MR) is 106 cm³/mol. The number of para-hydroxylation sites is 1. The summed E-state index contributed by atoms with van der Waals surface area (Å²) in [6.45, 7) is 9.17. The molecule has 0 amide bonds. The van der Waals surface area contributed by atoms with Gasteiger partial charge >= 0.3 is 0 Å². The number of benzene rings is 2. The lowest BCUT2D eigenvalue weighted by Gasteiger charge is -2.15. The molecule has 1 aromatic heterocycles. The SMILES string of the molecule is Cc1ccc(C)c(CSc2nc3ccccc3c(=O)n2CC(C)C)c1. The van der Waals surface area contributed by atoms with Gasteiger partial charge in [0.25, 0.3) is 5.56 Å². The molecule has 0 bridgehead atoms. The Morgan fingerprint density at radius 3 is 2.64 bits per heavy atom. The molecule has 0 unspecified atom stereocenters. The lowest BCUT2D eigenvalue weighted by Crippen LogP contribution is -2.25. The zero-order valence-corrected chi connectivity index (χ0v) is 16.1. The van der Waals surface area contributed by atoms with Gasteiger partial charge in [-0.2, -0.15) is 0 Å². The van der Waals surface area contributed by atoms with E-state index in [1.165, 1.54) is 16.7 Å². The molecule has 3 rings (SSSR count). The van der Waals surface area contributed by atoms with Gasteiger partial charge in [0.1, 0.15) is 0 Å². The lowest BCUT2D eigenvalue weighted by molar-refractivity contribution is 0.475. The Bertz CT molecular complexity index is 960. The average Bonchev–Trinajstić information content (AvgIpc) is 2.58. The molecule has 25 heavy (non-hydrogen) atoms. The number of rotatable bonds is 5. The van der Waals surface area contributed by atoms with Crippen LogP contribution in [0.4, 0.5) is 0 Å². The van der Waals surface area contributed by atoms with Crippen molar-refractivity contribution in [3.05, 3.63) is 69.5 Å². The third-order valence-corrected chi connectivity index (χ3v) is 5.26. The summed E-state index contributed by atoms with van der Waals surface area (Å²) in [6, 6.07) is 14.1. The minimum atomic E-state index is 0.0581. The van der Waals surface area contributed by atoms with Crippen LogP contribution in [0, 0.1) is 19.8 Å². The van der Waals surface area contributed by atoms with Crippen molar-refractivity contribution in [2.45, 2.75) is 45.1 Å². The Morgan fingerprint density at radius 1 is 1.12 bits per heavy atom. The maximum Gasteiger partial charge on any atom is 0.262 e. The third kappa shape index (κ3) is 3.96. The van der Waals surface area contributed by atoms with E-state index >= 15 is 0 Å². The average molecular weight is 353 g/mol. The molecule has 4 heteroatoms. The normalized spacial score (nSPS) is 11.4. The molecule has 2 aromatic carbocycles. The molecular formula is C21H24N2OS. The highest BCUT2D eigenvalue weighted by Gasteiger charge is 2.13. The van der Waals surface area contributed by atoms with Crippen LogP contribution >= 0.6 is 11.8 Å². The Balaban J connectivity index is 2.01. The Morgan fingerprint density at radius 2 is 1.88 bits per heavy atom. The van der Waals surface area contributed by atoms with Crippen molar-refractivity contribution in [3.8, 4) is 0 Å². The van der Waals surface area contributed by atoms with E-state index in [4.69, 9.17) is 4.98 Å². The number of hydrogen-bond acceptors (Lipinski definition) is 3. The molecule has 0 radical (unpaired) electrons. The van der Waals surface area contributed by atoms with E-state index in [1.54, 1.807) is 11.8 Å². The summed E-state index contributed by atoms with van der Waals surface area (Å²) in [5.41, 5.74) is 4.66. The molecule has 3 nitrogen and oxygen atoms in total. The second-order valence-corrected chi connectivity index (χ2v) is 7.88. The smallest absolute Gasteiger partial charge is 0.262 e. The van der Waals surface area contributed by atoms with Crippen molar-refractivity contribution in [1.29, 1.82) is 0 Å². The van der Waals surface area contributed by atoms with E-state index < -0.39 is 0 Å². The van der Waals surface area contributed by atoms with Gasteiger partial charge in [-0.1, -0.05) is 61.5 Å². The Kier molecular flexibility index (Phi) is 5.28. The standard InChI is InChI=1S/C21H24N2OS/c1-14(2)12-23-20(24)18-7-5-6-8-19(18)22-21(23)25-13-17-11-15(3)9-10-16(17)4/h5-11,14H,12-13H2,1-4H3. The number of hydrogen-bond donors (Lipinski definition) is 0. The maximum atomic E-state index is 12.9. The molecule has 0 aliphatic heterocycles. The first-order valence-electron chi connectivity index (χ1n) is 8.64. The second kappa shape index (κ2) is 7.44.